The molecule has 1 aliphatic rings. The van der Waals surface area contributed by atoms with Gasteiger partial charge in [0, 0.05) is 36.6 Å². The van der Waals surface area contributed by atoms with Crippen molar-refractivity contribution in [2.75, 3.05) is 32.7 Å². The fourth-order valence-electron chi connectivity index (χ4n) is 2.92. The molecule has 2 heterocycles. The van der Waals surface area contributed by atoms with Gasteiger partial charge in [-0.05, 0) is 6.42 Å². The first kappa shape index (κ1) is 20.0. The summed E-state index contributed by atoms with van der Waals surface area (Å²) >= 11 is 1.17. The van der Waals surface area contributed by atoms with E-state index in [1.54, 1.807) is 4.90 Å². The molecule has 1 aliphatic heterocycles. The third-order valence-corrected chi connectivity index (χ3v) is 5.49. The zero-order valence-corrected chi connectivity index (χ0v) is 16.1. The summed E-state index contributed by atoms with van der Waals surface area (Å²) in [6.45, 7) is 2.68. The Balaban J connectivity index is 1.70. The van der Waals surface area contributed by atoms with Crippen LogP contribution in [0.1, 0.15) is 21.1 Å². The van der Waals surface area contributed by atoms with E-state index >= 15 is 0 Å². The summed E-state index contributed by atoms with van der Waals surface area (Å²) in [5.41, 5.74) is 1.44. The van der Waals surface area contributed by atoms with Crippen LogP contribution in [-0.2, 0) is 16.0 Å². The number of hydrogen-bond acceptors (Lipinski definition) is 6. The highest BCUT2D eigenvalue weighted by Crippen LogP contribution is 2.29. The summed E-state index contributed by atoms with van der Waals surface area (Å²) in [6.07, 6.45) is 0.259. The minimum absolute atomic E-state index is 0.0371. The van der Waals surface area contributed by atoms with Crippen molar-refractivity contribution in [3.63, 3.8) is 0 Å². The predicted molar refractivity (Wildman–Crippen MR) is 105 cm³/mol. The Morgan fingerprint density at radius 1 is 1.18 bits per heavy atom. The van der Waals surface area contributed by atoms with Crippen LogP contribution in [0.25, 0.3) is 11.3 Å². The largest absolute Gasteiger partial charge is 0.481 e. The minimum atomic E-state index is -0.903. The number of carbonyl (C=O) groups is 3. The van der Waals surface area contributed by atoms with Gasteiger partial charge in [-0.15, -0.1) is 11.3 Å². The van der Waals surface area contributed by atoms with Crippen molar-refractivity contribution in [2.45, 2.75) is 12.8 Å². The fraction of sp³-hybridized carbons (Fsp3) is 0.368. The second kappa shape index (κ2) is 9.43. The van der Waals surface area contributed by atoms with Crippen LogP contribution < -0.4 is 10.6 Å². The Morgan fingerprint density at radius 3 is 2.57 bits per heavy atom. The number of carboxylic acids is 1. The zero-order chi connectivity index (χ0) is 19.9. The van der Waals surface area contributed by atoms with Crippen molar-refractivity contribution < 1.29 is 19.5 Å². The molecule has 0 aliphatic carbocycles. The Labute approximate surface area is 166 Å². The lowest BCUT2D eigenvalue weighted by Crippen LogP contribution is -2.49. The molecule has 9 heteroatoms. The molecule has 1 saturated heterocycles. The van der Waals surface area contributed by atoms with Crippen LogP contribution in [-0.4, -0.2) is 65.5 Å². The molecule has 28 heavy (non-hydrogen) atoms. The van der Waals surface area contributed by atoms with Gasteiger partial charge in [-0.3, -0.25) is 14.4 Å². The maximum Gasteiger partial charge on any atom is 0.303 e. The third-order valence-electron chi connectivity index (χ3n) is 4.37. The minimum Gasteiger partial charge on any atom is -0.481 e. The molecular weight excluding hydrogens is 380 g/mol. The molecule has 1 aromatic heterocycles. The Kier molecular flexibility index (Phi) is 6.72. The number of nitrogens with zero attached hydrogens (tertiary/aromatic N) is 2. The highest BCUT2D eigenvalue weighted by molar-refractivity contribution is 7.14. The standard InChI is InChI=1S/C19H22N4O4S/c24-15(23-10-8-20-9-11-23)12-21-18(27)19-22-17(13-4-2-1-3-5-13)14(28-19)6-7-16(25)26/h1-5,20H,6-12H2,(H,21,27)(H,25,26). The summed E-state index contributed by atoms with van der Waals surface area (Å²) in [5.74, 6) is -1.45. The summed E-state index contributed by atoms with van der Waals surface area (Å²) in [6, 6.07) is 9.34. The van der Waals surface area contributed by atoms with Gasteiger partial charge < -0.3 is 20.6 Å². The lowest BCUT2D eigenvalue weighted by molar-refractivity contribution is -0.137. The van der Waals surface area contributed by atoms with E-state index in [1.807, 2.05) is 30.3 Å². The van der Waals surface area contributed by atoms with Gasteiger partial charge in [0.05, 0.1) is 18.7 Å². The number of aliphatic carboxylic acids is 1. The summed E-state index contributed by atoms with van der Waals surface area (Å²) in [5, 5.41) is 15.0. The van der Waals surface area contributed by atoms with Gasteiger partial charge in [-0.25, -0.2) is 4.98 Å². The number of nitrogens with one attached hydrogen (secondary N) is 2. The number of aromatic nitrogens is 1. The molecule has 1 fully saturated rings. The molecule has 0 radical (unpaired) electrons. The van der Waals surface area contributed by atoms with Gasteiger partial charge >= 0.3 is 5.97 Å². The molecule has 1 aromatic carbocycles. The smallest absolute Gasteiger partial charge is 0.303 e. The number of thiazole rings is 1. The molecule has 3 rings (SSSR count). The molecule has 0 saturated carbocycles. The van der Waals surface area contributed by atoms with Crippen molar-refractivity contribution in [3.8, 4) is 11.3 Å². The van der Waals surface area contributed by atoms with Crippen LogP contribution in [0.15, 0.2) is 30.3 Å². The second-order valence-corrected chi connectivity index (χ2v) is 7.45. The van der Waals surface area contributed by atoms with E-state index in [9.17, 15) is 14.4 Å². The second-order valence-electron chi connectivity index (χ2n) is 6.36. The van der Waals surface area contributed by atoms with Crippen molar-refractivity contribution in [1.82, 2.24) is 20.5 Å². The molecule has 3 N–H and O–H groups in total. The van der Waals surface area contributed by atoms with Gasteiger partial charge in [0.25, 0.3) is 5.91 Å². The highest BCUT2D eigenvalue weighted by Gasteiger charge is 2.21. The quantitative estimate of drug-likeness (QED) is 0.637. The van der Waals surface area contributed by atoms with Crippen LogP contribution in [0.5, 0.6) is 0 Å². The van der Waals surface area contributed by atoms with Crippen LogP contribution >= 0.6 is 11.3 Å². The monoisotopic (exact) mass is 402 g/mol. The van der Waals surface area contributed by atoms with E-state index in [0.717, 1.165) is 23.5 Å². The number of amides is 2. The van der Waals surface area contributed by atoms with Crippen molar-refractivity contribution in [3.05, 3.63) is 40.2 Å². The first-order chi connectivity index (χ1) is 13.5. The molecule has 0 spiro atoms. The SMILES string of the molecule is O=C(O)CCc1sc(C(=O)NCC(=O)N2CCNCC2)nc1-c1ccccc1. The first-order valence-corrected chi connectivity index (χ1v) is 9.90. The normalized spacial score (nSPS) is 13.9. The van der Waals surface area contributed by atoms with Gasteiger partial charge in [0.2, 0.25) is 5.91 Å². The molecule has 0 bridgehead atoms. The van der Waals surface area contributed by atoms with Crippen LogP contribution in [0.2, 0.25) is 0 Å². The van der Waals surface area contributed by atoms with E-state index < -0.39 is 11.9 Å². The van der Waals surface area contributed by atoms with Crippen molar-refractivity contribution in [1.29, 1.82) is 0 Å². The molecule has 2 amide bonds. The van der Waals surface area contributed by atoms with E-state index in [-0.39, 0.29) is 23.9 Å². The first-order valence-electron chi connectivity index (χ1n) is 9.08. The molecule has 2 aromatic rings. The van der Waals surface area contributed by atoms with E-state index in [4.69, 9.17) is 5.11 Å². The molecule has 8 nitrogen and oxygen atoms in total. The van der Waals surface area contributed by atoms with Crippen LogP contribution in [0.4, 0.5) is 0 Å². The maximum absolute atomic E-state index is 12.5. The van der Waals surface area contributed by atoms with Gasteiger partial charge in [0.15, 0.2) is 5.01 Å². The van der Waals surface area contributed by atoms with Gasteiger partial charge in [0.1, 0.15) is 0 Å². The summed E-state index contributed by atoms with van der Waals surface area (Å²) in [7, 11) is 0. The molecule has 0 atom stereocenters. The number of piperazine rings is 1. The lowest BCUT2D eigenvalue weighted by Gasteiger charge is -2.27. The average molecular weight is 402 g/mol. The lowest BCUT2D eigenvalue weighted by atomic mass is 10.1. The Morgan fingerprint density at radius 2 is 1.89 bits per heavy atom. The zero-order valence-electron chi connectivity index (χ0n) is 15.3. The summed E-state index contributed by atoms with van der Waals surface area (Å²) in [4.78, 5) is 42.5. The molecule has 148 valence electrons. The topological polar surface area (TPSA) is 112 Å². The van der Waals surface area contributed by atoms with Crippen LogP contribution in [0, 0.1) is 0 Å². The molecule has 0 unspecified atom stereocenters. The summed E-state index contributed by atoms with van der Waals surface area (Å²) < 4.78 is 0. The van der Waals surface area contributed by atoms with Crippen molar-refractivity contribution >= 4 is 29.1 Å². The predicted octanol–water partition coefficient (Wildman–Crippen LogP) is 0.989. The van der Waals surface area contributed by atoms with E-state index in [2.05, 4.69) is 15.6 Å². The number of carboxylic acid groups (broad SMARTS) is 1. The fourth-order valence-corrected chi connectivity index (χ4v) is 3.92. The maximum atomic E-state index is 12.5. The number of hydrogen-bond donors (Lipinski definition) is 3. The van der Waals surface area contributed by atoms with Crippen LogP contribution in [0.3, 0.4) is 0 Å². The Bertz CT molecular complexity index is 847. The number of aryl methyl sites for hydroxylation is 1. The highest BCUT2D eigenvalue weighted by atomic mass is 32.1. The Hall–Kier alpha value is -2.78. The number of carbonyl (C=O) groups excluding carboxylic acids is 2. The van der Waals surface area contributed by atoms with Crippen molar-refractivity contribution in [2.24, 2.45) is 0 Å². The number of benzene rings is 1. The number of rotatable bonds is 7. The third kappa shape index (κ3) is 5.14. The van der Waals surface area contributed by atoms with Gasteiger partial charge in [-0.1, -0.05) is 30.3 Å². The van der Waals surface area contributed by atoms with E-state index in [0.29, 0.717) is 25.2 Å². The molecular formula is C19H22N4O4S. The van der Waals surface area contributed by atoms with E-state index in [1.165, 1.54) is 11.3 Å². The average Bonchev–Trinajstić information content (AvgIpc) is 3.16. The van der Waals surface area contributed by atoms with Gasteiger partial charge in [-0.2, -0.15) is 0 Å².